The molecule has 0 aliphatic carbocycles. The molecule has 15 aromatic rings. The second kappa shape index (κ2) is 14.6. The lowest BCUT2D eigenvalue weighted by Gasteiger charge is -2.14. The third kappa shape index (κ3) is 5.59. The van der Waals surface area contributed by atoms with Crippen LogP contribution in [0.3, 0.4) is 0 Å². The molecule has 0 aliphatic heterocycles. The summed E-state index contributed by atoms with van der Waals surface area (Å²) in [6, 6.07) is 85.6. The second-order valence-electron chi connectivity index (χ2n) is 18.1. The highest BCUT2D eigenvalue weighted by molar-refractivity contribution is 6.19. The second-order valence-corrected chi connectivity index (χ2v) is 18.1. The van der Waals surface area contributed by atoms with Gasteiger partial charge in [-0.25, -0.2) is 9.97 Å². The number of fused-ring (bicyclic) bond motifs is 12. The first-order chi connectivity index (χ1) is 34.2. The van der Waals surface area contributed by atoms with Gasteiger partial charge in [0.15, 0.2) is 5.82 Å². The van der Waals surface area contributed by atoms with E-state index < -0.39 is 0 Å². The van der Waals surface area contributed by atoms with Crippen molar-refractivity contribution in [1.82, 2.24) is 23.7 Å². The molecule has 11 aromatic carbocycles. The van der Waals surface area contributed by atoms with Crippen molar-refractivity contribution in [2.24, 2.45) is 0 Å². The first kappa shape index (κ1) is 37.9. The van der Waals surface area contributed by atoms with Gasteiger partial charge in [0.1, 0.15) is 0 Å². The molecule has 0 saturated carbocycles. The van der Waals surface area contributed by atoms with Crippen molar-refractivity contribution < 1.29 is 0 Å². The Balaban J connectivity index is 0.907. The molecule has 0 saturated heterocycles. The van der Waals surface area contributed by atoms with Gasteiger partial charge in [0.05, 0.1) is 50.0 Å². The molecule has 0 fully saturated rings. The molecule has 0 amide bonds. The summed E-state index contributed by atoms with van der Waals surface area (Å²) >= 11 is 0. The van der Waals surface area contributed by atoms with Crippen LogP contribution in [0.2, 0.25) is 0 Å². The summed E-state index contributed by atoms with van der Waals surface area (Å²) in [6.07, 6.45) is 0. The number of nitrogens with zero attached hydrogens (tertiary/aromatic N) is 5. The Kier molecular flexibility index (Phi) is 8.00. The summed E-state index contributed by atoms with van der Waals surface area (Å²) in [5.41, 5.74) is 14.2. The molecule has 5 nitrogen and oxygen atoms in total. The van der Waals surface area contributed by atoms with Gasteiger partial charge in [0.2, 0.25) is 0 Å². The fraction of sp³-hybridized carbons (Fsp3) is 0. The van der Waals surface area contributed by atoms with E-state index in [1.54, 1.807) is 0 Å². The average Bonchev–Trinajstić information content (AvgIpc) is 4.04. The zero-order valence-electron chi connectivity index (χ0n) is 37.3. The maximum Gasteiger partial charge on any atom is 0.160 e. The van der Waals surface area contributed by atoms with Crippen molar-refractivity contribution in [3.05, 3.63) is 237 Å². The minimum atomic E-state index is 0.691. The maximum atomic E-state index is 5.47. The van der Waals surface area contributed by atoms with Crippen LogP contribution in [0.25, 0.3) is 138 Å². The Morgan fingerprint density at radius 1 is 0.290 bits per heavy atom. The number of hydrogen-bond donors (Lipinski definition) is 0. The lowest BCUT2D eigenvalue weighted by atomic mass is 10.00. The number of aromatic nitrogens is 5. The van der Waals surface area contributed by atoms with Crippen LogP contribution in [0.5, 0.6) is 0 Å². The Morgan fingerprint density at radius 2 is 0.826 bits per heavy atom. The molecule has 4 aromatic heterocycles. The van der Waals surface area contributed by atoms with E-state index in [1.807, 2.05) is 0 Å². The molecule has 0 N–H and O–H groups in total. The maximum absolute atomic E-state index is 5.47. The Bertz CT molecular complexity index is 4590. The van der Waals surface area contributed by atoms with Crippen LogP contribution in [-0.2, 0) is 0 Å². The zero-order chi connectivity index (χ0) is 45.2. The molecule has 0 bridgehead atoms. The van der Waals surface area contributed by atoms with E-state index in [0.717, 1.165) is 66.9 Å². The highest BCUT2D eigenvalue weighted by atomic mass is 15.0. The average molecular weight is 878 g/mol. The smallest absolute Gasteiger partial charge is 0.160 e. The molecule has 15 rings (SSSR count). The number of benzene rings is 11. The van der Waals surface area contributed by atoms with Crippen LogP contribution >= 0.6 is 0 Å². The molecule has 320 valence electrons. The third-order valence-corrected chi connectivity index (χ3v) is 14.4. The number of para-hydroxylation sites is 5. The predicted octanol–water partition coefficient (Wildman–Crippen LogP) is 16.6. The van der Waals surface area contributed by atoms with E-state index in [0.29, 0.717) is 5.82 Å². The highest BCUT2D eigenvalue weighted by Gasteiger charge is 2.21. The first-order valence-electron chi connectivity index (χ1n) is 23.6. The van der Waals surface area contributed by atoms with Gasteiger partial charge in [-0.1, -0.05) is 140 Å². The summed E-state index contributed by atoms with van der Waals surface area (Å²) in [7, 11) is 0. The zero-order valence-corrected chi connectivity index (χ0v) is 37.3. The SMILES string of the molecule is c1ccc(-n2c3ccccc3c3c(-c4nc(-c5ccc(-n6c7ccccc7c7cc8cccc(-n9c%10ccccc%10c%10cc%11ccccc%11cc%109)c8cc76)cc5)nc5ccccc45)cccc32)cc1. The van der Waals surface area contributed by atoms with Gasteiger partial charge < -0.3 is 13.7 Å². The third-order valence-electron chi connectivity index (χ3n) is 14.4. The minimum Gasteiger partial charge on any atom is -0.309 e. The largest absolute Gasteiger partial charge is 0.309 e. The molecule has 5 heteroatoms. The van der Waals surface area contributed by atoms with Crippen molar-refractivity contribution in [3.63, 3.8) is 0 Å². The van der Waals surface area contributed by atoms with Gasteiger partial charge in [0.25, 0.3) is 0 Å². The lowest BCUT2D eigenvalue weighted by molar-refractivity contribution is 1.17. The van der Waals surface area contributed by atoms with E-state index in [9.17, 15) is 0 Å². The van der Waals surface area contributed by atoms with Gasteiger partial charge in [-0.05, 0) is 113 Å². The van der Waals surface area contributed by atoms with E-state index in [1.165, 1.54) is 64.9 Å². The molecule has 69 heavy (non-hydrogen) atoms. The highest BCUT2D eigenvalue weighted by Crippen LogP contribution is 2.43. The molecule has 0 atom stereocenters. The quantitative estimate of drug-likeness (QED) is 0.173. The van der Waals surface area contributed by atoms with Crippen molar-refractivity contribution in [2.45, 2.75) is 0 Å². The van der Waals surface area contributed by atoms with Crippen molar-refractivity contribution in [2.75, 3.05) is 0 Å². The standard InChI is InChI=1S/C64H39N5/c1-2-19-44(20-3-1)67-57-29-13-9-24-49(57)62-50(25-15-31-59(62)67)63-48-23-6-10-26-54(48)65-64(66-63)40-32-34-45(35-33-40)68-55-27-11-7-21-46(55)53-37-43-18-14-30-58(51(43)39-61(53)68)69-56-28-12-8-22-47(56)52-36-41-16-4-5-17-42(41)38-60(52)69/h1-39H. The molecular formula is C64H39N5. The molecule has 0 spiro atoms. The van der Waals surface area contributed by atoms with Crippen LogP contribution in [0.1, 0.15) is 0 Å². The van der Waals surface area contributed by atoms with Gasteiger partial charge in [0, 0.05) is 65.6 Å². The van der Waals surface area contributed by atoms with Crippen molar-refractivity contribution >= 4 is 97.9 Å². The van der Waals surface area contributed by atoms with Gasteiger partial charge >= 0.3 is 0 Å². The predicted molar refractivity (Wildman–Crippen MR) is 288 cm³/mol. The van der Waals surface area contributed by atoms with Crippen LogP contribution < -0.4 is 0 Å². The monoisotopic (exact) mass is 877 g/mol. The fourth-order valence-electron chi connectivity index (χ4n) is 11.4. The Morgan fingerprint density at radius 3 is 1.59 bits per heavy atom. The molecule has 0 unspecified atom stereocenters. The van der Waals surface area contributed by atoms with Gasteiger partial charge in [-0.3, -0.25) is 0 Å². The summed E-state index contributed by atoms with van der Waals surface area (Å²) < 4.78 is 7.24. The van der Waals surface area contributed by atoms with Gasteiger partial charge in [-0.2, -0.15) is 0 Å². The van der Waals surface area contributed by atoms with Crippen LogP contribution in [0.4, 0.5) is 0 Å². The van der Waals surface area contributed by atoms with Crippen LogP contribution in [0, 0.1) is 0 Å². The van der Waals surface area contributed by atoms with Crippen molar-refractivity contribution in [1.29, 1.82) is 0 Å². The molecule has 4 heterocycles. The van der Waals surface area contributed by atoms with Gasteiger partial charge in [-0.15, -0.1) is 0 Å². The van der Waals surface area contributed by atoms with E-state index in [-0.39, 0.29) is 0 Å². The molecule has 0 radical (unpaired) electrons. The minimum absolute atomic E-state index is 0.691. The summed E-state index contributed by atoms with van der Waals surface area (Å²) in [4.78, 5) is 10.7. The topological polar surface area (TPSA) is 40.6 Å². The normalized spacial score (nSPS) is 12.1. The van der Waals surface area contributed by atoms with E-state index >= 15 is 0 Å². The van der Waals surface area contributed by atoms with Crippen molar-refractivity contribution in [3.8, 4) is 39.7 Å². The van der Waals surface area contributed by atoms with Crippen LogP contribution in [0.15, 0.2) is 237 Å². The number of hydrogen-bond acceptors (Lipinski definition) is 2. The first-order valence-corrected chi connectivity index (χ1v) is 23.6. The Hall–Kier alpha value is -9.32. The fourth-order valence-corrected chi connectivity index (χ4v) is 11.4. The Labute approximate surface area is 396 Å². The molecular weight excluding hydrogens is 839 g/mol. The summed E-state index contributed by atoms with van der Waals surface area (Å²) in [6.45, 7) is 0. The molecule has 0 aliphatic rings. The van der Waals surface area contributed by atoms with E-state index in [2.05, 4.69) is 250 Å². The number of rotatable bonds is 5. The summed E-state index contributed by atoms with van der Waals surface area (Å²) in [5.74, 6) is 0.691. The van der Waals surface area contributed by atoms with Crippen LogP contribution in [-0.4, -0.2) is 23.7 Å². The lowest BCUT2D eigenvalue weighted by Crippen LogP contribution is -1.98. The van der Waals surface area contributed by atoms with E-state index in [4.69, 9.17) is 9.97 Å². The summed E-state index contributed by atoms with van der Waals surface area (Å²) in [5, 5.41) is 13.2.